The van der Waals surface area contributed by atoms with Crippen LogP contribution in [0.5, 0.6) is 0 Å². The highest BCUT2D eigenvalue weighted by Crippen LogP contribution is 2.09. The van der Waals surface area contributed by atoms with Gasteiger partial charge >= 0.3 is 0 Å². The number of rotatable bonds is 10. The van der Waals surface area contributed by atoms with Crippen molar-refractivity contribution in [1.82, 2.24) is 5.32 Å². The molecule has 1 rings (SSSR count). The topological polar surface area (TPSA) is 59.6 Å². The second-order valence-corrected chi connectivity index (χ2v) is 4.51. The van der Waals surface area contributed by atoms with E-state index in [2.05, 4.69) is 10.6 Å². The van der Waals surface area contributed by atoms with Gasteiger partial charge in [0.15, 0.2) is 0 Å². The Morgan fingerprint density at radius 3 is 2.55 bits per heavy atom. The molecule has 112 valence electrons. The lowest BCUT2D eigenvalue weighted by atomic mass is 10.2. The Balaban J connectivity index is 2.08. The number of methoxy groups -OCH3 is 1. The van der Waals surface area contributed by atoms with E-state index in [0.29, 0.717) is 13.2 Å². The Bertz CT molecular complexity index is 379. The SMILES string of the molecule is COCCOCCCNCc1ccc(NC(C)=O)cc1. The second kappa shape index (κ2) is 10.4. The first kappa shape index (κ1) is 16.6. The summed E-state index contributed by atoms with van der Waals surface area (Å²) in [6, 6.07) is 7.83. The van der Waals surface area contributed by atoms with Gasteiger partial charge in [-0.25, -0.2) is 0 Å². The van der Waals surface area contributed by atoms with Gasteiger partial charge in [0.25, 0.3) is 0 Å². The molecule has 0 unspecified atom stereocenters. The Hall–Kier alpha value is -1.43. The van der Waals surface area contributed by atoms with Crippen LogP contribution in [0.15, 0.2) is 24.3 Å². The van der Waals surface area contributed by atoms with E-state index in [1.807, 2.05) is 24.3 Å². The van der Waals surface area contributed by atoms with Crippen molar-refractivity contribution in [2.75, 3.05) is 38.8 Å². The molecule has 0 atom stereocenters. The third kappa shape index (κ3) is 7.89. The third-order valence-electron chi connectivity index (χ3n) is 2.68. The average Bonchev–Trinajstić information content (AvgIpc) is 2.43. The van der Waals surface area contributed by atoms with Gasteiger partial charge < -0.3 is 20.1 Å². The summed E-state index contributed by atoms with van der Waals surface area (Å²) in [5, 5.41) is 6.10. The summed E-state index contributed by atoms with van der Waals surface area (Å²) in [6.07, 6.45) is 0.980. The van der Waals surface area contributed by atoms with Gasteiger partial charge in [0.1, 0.15) is 0 Å². The molecule has 0 fully saturated rings. The van der Waals surface area contributed by atoms with Crippen molar-refractivity contribution in [3.63, 3.8) is 0 Å². The van der Waals surface area contributed by atoms with Gasteiger partial charge in [0.05, 0.1) is 13.2 Å². The number of hydrogen-bond donors (Lipinski definition) is 2. The minimum absolute atomic E-state index is 0.0515. The predicted molar refractivity (Wildman–Crippen MR) is 79.8 cm³/mol. The fourth-order valence-electron chi connectivity index (χ4n) is 1.69. The third-order valence-corrected chi connectivity index (χ3v) is 2.68. The van der Waals surface area contributed by atoms with E-state index in [1.165, 1.54) is 12.5 Å². The molecule has 0 bridgehead atoms. The lowest BCUT2D eigenvalue weighted by Crippen LogP contribution is -2.17. The molecule has 5 heteroatoms. The lowest BCUT2D eigenvalue weighted by Gasteiger charge is -2.07. The molecule has 0 aliphatic rings. The zero-order valence-electron chi connectivity index (χ0n) is 12.3. The first-order chi connectivity index (χ1) is 9.72. The van der Waals surface area contributed by atoms with E-state index in [4.69, 9.17) is 9.47 Å². The average molecular weight is 280 g/mol. The first-order valence-corrected chi connectivity index (χ1v) is 6.86. The highest BCUT2D eigenvalue weighted by molar-refractivity contribution is 5.88. The molecular formula is C15H24N2O3. The molecule has 0 spiro atoms. The van der Waals surface area contributed by atoms with E-state index < -0.39 is 0 Å². The number of carbonyl (C=O) groups is 1. The van der Waals surface area contributed by atoms with Crippen molar-refractivity contribution in [2.45, 2.75) is 19.9 Å². The Kier molecular flexibility index (Phi) is 8.62. The number of ether oxygens (including phenoxy) is 2. The number of anilines is 1. The Morgan fingerprint density at radius 2 is 1.90 bits per heavy atom. The largest absolute Gasteiger partial charge is 0.382 e. The van der Waals surface area contributed by atoms with Crippen molar-refractivity contribution in [3.05, 3.63) is 29.8 Å². The number of hydrogen-bond acceptors (Lipinski definition) is 4. The van der Waals surface area contributed by atoms with E-state index in [0.717, 1.165) is 31.8 Å². The van der Waals surface area contributed by atoms with Crippen LogP contribution in [0.4, 0.5) is 5.69 Å². The van der Waals surface area contributed by atoms with Crippen LogP contribution < -0.4 is 10.6 Å². The number of benzene rings is 1. The van der Waals surface area contributed by atoms with E-state index >= 15 is 0 Å². The fourth-order valence-corrected chi connectivity index (χ4v) is 1.69. The summed E-state index contributed by atoms with van der Waals surface area (Å²) in [6.45, 7) is 5.29. The molecule has 0 radical (unpaired) electrons. The fraction of sp³-hybridized carbons (Fsp3) is 0.533. The van der Waals surface area contributed by atoms with Crippen LogP contribution in [0.1, 0.15) is 18.9 Å². The molecule has 0 aromatic heterocycles. The highest BCUT2D eigenvalue weighted by Gasteiger charge is 1.96. The minimum atomic E-state index is -0.0515. The summed E-state index contributed by atoms with van der Waals surface area (Å²) in [7, 11) is 1.67. The smallest absolute Gasteiger partial charge is 0.221 e. The maximum atomic E-state index is 10.9. The van der Waals surface area contributed by atoms with Crippen LogP contribution in [-0.2, 0) is 20.8 Å². The van der Waals surface area contributed by atoms with Crippen molar-refractivity contribution >= 4 is 11.6 Å². The van der Waals surface area contributed by atoms with Gasteiger partial charge in [-0.2, -0.15) is 0 Å². The van der Waals surface area contributed by atoms with Gasteiger partial charge in [0.2, 0.25) is 5.91 Å². The summed E-state index contributed by atoms with van der Waals surface area (Å²) in [5.41, 5.74) is 2.02. The van der Waals surface area contributed by atoms with Crippen LogP contribution in [0.3, 0.4) is 0 Å². The lowest BCUT2D eigenvalue weighted by molar-refractivity contribution is -0.114. The molecule has 0 saturated heterocycles. The maximum absolute atomic E-state index is 10.9. The number of amides is 1. The molecule has 0 aliphatic carbocycles. The summed E-state index contributed by atoms with van der Waals surface area (Å²) < 4.78 is 10.3. The first-order valence-electron chi connectivity index (χ1n) is 6.86. The maximum Gasteiger partial charge on any atom is 0.221 e. The summed E-state index contributed by atoms with van der Waals surface area (Å²) in [5.74, 6) is -0.0515. The monoisotopic (exact) mass is 280 g/mol. The van der Waals surface area contributed by atoms with Gasteiger partial charge in [-0.15, -0.1) is 0 Å². The summed E-state index contributed by atoms with van der Waals surface area (Å²) in [4.78, 5) is 10.9. The van der Waals surface area contributed by atoms with Crippen molar-refractivity contribution < 1.29 is 14.3 Å². The van der Waals surface area contributed by atoms with Gasteiger partial charge in [0, 0.05) is 32.9 Å². The van der Waals surface area contributed by atoms with E-state index in [1.54, 1.807) is 7.11 Å². The highest BCUT2D eigenvalue weighted by atomic mass is 16.5. The standard InChI is InChI=1S/C15H24N2O3/c1-13(18)17-15-6-4-14(5-7-15)12-16-8-3-9-20-11-10-19-2/h4-7,16H,3,8-12H2,1-2H3,(H,17,18). The predicted octanol–water partition coefficient (Wildman–Crippen LogP) is 1.79. The number of nitrogens with one attached hydrogen (secondary N) is 2. The quantitative estimate of drug-likeness (QED) is 0.642. The van der Waals surface area contributed by atoms with Crippen molar-refractivity contribution in [3.8, 4) is 0 Å². The molecule has 1 amide bonds. The second-order valence-electron chi connectivity index (χ2n) is 4.51. The minimum Gasteiger partial charge on any atom is -0.382 e. The molecule has 0 aliphatic heterocycles. The molecule has 0 heterocycles. The van der Waals surface area contributed by atoms with Crippen LogP contribution in [0.2, 0.25) is 0 Å². The van der Waals surface area contributed by atoms with Gasteiger partial charge in [-0.3, -0.25) is 4.79 Å². The van der Waals surface area contributed by atoms with Crippen LogP contribution in [0, 0.1) is 0 Å². The number of carbonyl (C=O) groups excluding carboxylic acids is 1. The molecule has 1 aromatic rings. The van der Waals surface area contributed by atoms with E-state index in [-0.39, 0.29) is 5.91 Å². The molecule has 2 N–H and O–H groups in total. The van der Waals surface area contributed by atoms with Crippen LogP contribution in [0.25, 0.3) is 0 Å². The Labute approximate surface area is 120 Å². The van der Waals surface area contributed by atoms with Crippen molar-refractivity contribution in [1.29, 1.82) is 0 Å². The van der Waals surface area contributed by atoms with Crippen molar-refractivity contribution in [2.24, 2.45) is 0 Å². The molecule has 20 heavy (non-hydrogen) atoms. The zero-order valence-corrected chi connectivity index (χ0v) is 12.3. The molecule has 5 nitrogen and oxygen atoms in total. The van der Waals surface area contributed by atoms with E-state index in [9.17, 15) is 4.79 Å². The van der Waals surface area contributed by atoms with Crippen LogP contribution >= 0.6 is 0 Å². The van der Waals surface area contributed by atoms with Gasteiger partial charge in [-0.1, -0.05) is 12.1 Å². The normalized spacial score (nSPS) is 10.5. The Morgan fingerprint density at radius 1 is 1.15 bits per heavy atom. The molecular weight excluding hydrogens is 256 g/mol. The van der Waals surface area contributed by atoms with Crippen LogP contribution in [-0.4, -0.2) is 39.4 Å². The molecule has 0 saturated carbocycles. The van der Waals surface area contributed by atoms with Gasteiger partial charge in [-0.05, 0) is 30.7 Å². The summed E-state index contributed by atoms with van der Waals surface area (Å²) >= 11 is 0. The zero-order chi connectivity index (χ0) is 14.6. The molecule has 1 aromatic carbocycles.